The molecule has 0 spiro atoms. The van der Waals surface area contributed by atoms with Crippen molar-refractivity contribution in [2.45, 2.75) is 13.8 Å². The Morgan fingerprint density at radius 1 is 0.926 bits per heavy atom. The van der Waals surface area contributed by atoms with Crippen LogP contribution in [0.5, 0.6) is 0 Å². The number of esters is 1. The zero-order valence-corrected chi connectivity index (χ0v) is 15.5. The topological polar surface area (TPSA) is 31.2 Å². The molecule has 0 aliphatic rings. The molecule has 0 atom stereocenters. The summed E-state index contributed by atoms with van der Waals surface area (Å²) in [7, 11) is 0. The zero-order valence-electron chi connectivity index (χ0n) is 15.5. The van der Waals surface area contributed by atoms with E-state index in [-0.39, 0.29) is 5.97 Å². The van der Waals surface area contributed by atoms with Gasteiger partial charge in [-0.3, -0.25) is 0 Å². The molecular weight excluding hydrogens is 334 g/mol. The average molecular weight is 355 g/mol. The first-order valence-corrected chi connectivity index (χ1v) is 9.12. The summed E-state index contributed by atoms with van der Waals surface area (Å²) in [4.78, 5) is 12.7. The van der Waals surface area contributed by atoms with Gasteiger partial charge in [-0.25, -0.2) is 4.79 Å². The molecule has 3 aromatic carbocycles. The standard InChI is InChI=1S/C24H21NO2/c1-3-27-24(26)23-17(2)25(21-11-5-4-6-12-21)16-22(23)20-14-13-18-9-7-8-10-19(18)15-20/h4-16H,3H2,1-2H3. The molecule has 0 aliphatic carbocycles. The first-order valence-electron chi connectivity index (χ1n) is 9.12. The van der Waals surface area contributed by atoms with E-state index in [4.69, 9.17) is 4.74 Å². The summed E-state index contributed by atoms with van der Waals surface area (Å²) < 4.78 is 7.41. The summed E-state index contributed by atoms with van der Waals surface area (Å²) in [5, 5.41) is 2.33. The van der Waals surface area contributed by atoms with Crippen LogP contribution in [0.2, 0.25) is 0 Å². The predicted octanol–water partition coefficient (Wildman–Crippen LogP) is 5.78. The highest BCUT2D eigenvalue weighted by atomic mass is 16.5. The second-order valence-electron chi connectivity index (χ2n) is 6.49. The second-order valence-corrected chi connectivity index (χ2v) is 6.49. The van der Waals surface area contributed by atoms with Gasteiger partial charge in [-0.15, -0.1) is 0 Å². The molecule has 0 radical (unpaired) electrons. The van der Waals surface area contributed by atoms with Crippen LogP contribution in [0.1, 0.15) is 23.0 Å². The number of aromatic nitrogens is 1. The van der Waals surface area contributed by atoms with Crippen LogP contribution >= 0.6 is 0 Å². The molecule has 0 bridgehead atoms. The Labute approximate surface area is 158 Å². The van der Waals surface area contributed by atoms with Crippen LogP contribution in [0.3, 0.4) is 0 Å². The minimum absolute atomic E-state index is 0.284. The molecule has 1 aromatic heterocycles. The van der Waals surface area contributed by atoms with Gasteiger partial charge < -0.3 is 9.30 Å². The number of benzene rings is 3. The van der Waals surface area contributed by atoms with E-state index in [2.05, 4.69) is 34.9 Å². The van der Waals surface area contributed by atoms with Gasteiger partial charge in [-0.05, 0) is 48.4 Å². The Balaban J connectivity index is 1.93. The van der Waals surface area contributed by atoms with Crippen LogP contribution < -0.4 is 0 Å². The molecule has 0 amide bonds. The summed E-state index contributed by atoms with van der Waals surface area (Å²) in [5.74, 6) is -0.284. The Bertz CT molecular complexity index is 1110. The van der Waals surface area contributed by atoms with Crippen molar-refractivity contribution in [3.05, 3.63) is 90.3 Å². The highest BCUT2D eigenvalue weighted by Gasteiger charge is 2.22. The van der Waals surface area contributed by atoms with Crippen molar-refractivity contribution in [2.24, 2.45) is 0 Å². The number of para-hydroxylation sites is 1. The molecule has 0 unspecified atom stereocenters. The molecule has 27 heavy (non-hydrogen) atoms. The van der Waals surface area contributed by atoms with E-state index in [0.717, 1.165) is 27.9 Å². The number of fused-ring (bicyclic) bond motifs is 1. The number of hydrogen-bond acceptors (Lipinski definition) is 2. The van der Waals surface area contributed by atoms with Gasteiger partial charge in [0, 0.05) is 23.1 Å². The number of carbonyl (C=O) groups is 1. The van der Waals surface area contributed by atoms with E-state index >= 15 is 0 Å². The Morgan fingerprint density at radius 2 is 1.63 bits per heavy atom. The van der Waals surface area contributed by atoms with Crippen molar-refractivity contribution in [3.63, 3.8) is 0 Å². The smallest absolute Gasteiger partial charge is 0.340 e. The zero-order chi connectivity index (χ0) is 18.8. The normalized spacial score (nSPS) is 10.9. The molecular formula is C24H21NO2. The highest BCUT2D eigenvalue weighted by Crippen LogP contribution is 2.32. The number of hydrogen-bond donors (Lipinski definition) is 0. The van der Waals surface area contributed by atoms with Crippen molar-refractivity contribution in [1.29, 1.82) is 0 Å². The fourth-order valence-corrected chi connectivity index (χ4v) is 3.50. The molecule has 0 N–H and O–H groups in total. The Morgan fingerprint density at radius 3 is 2.37 bits per heavy atom. The lowest BCUT2D eigenvalue weighted by Crippen LogP contribution is -2.07. The fourth-order valence-electron chi connectivity index (χ4n) is 3.50. The van der Waals surface area contributed by atoms with Crippen molar-refractivity contribution in [1.82, 2.24) is 4.57 Å². The molecule has 1 heterocycles. The lowest BCUT2D eigenvalue weighted by Gasteiger charge is -2.07. The van der Waals surface area contributed by atoms with Gasteiger partial charge in [0.1, 0.15) is 0 Å². The molecule has 4 aromatic rings. The molecule has 0 saturated carbocycles. The third-order valence-corrected chi connectivity index (χ3v) is 4.83. The van der Waals surface area contributed by atoms with Gasteiger partial charge >= 0.3 is 5.97 Å². The summed E-state index contributed by atoms with van der Waals surface area (Å²) in [6.45, 7) is 4.15. The largest absolute Gasteiger partial charge is 0.462 e. The van der Waals surface area contributed by atoms with Crippen LogP contribution in [0, 0.1) is 6.92 Å². The number of nitrogens with zero attached hydrogens (tertiary/aromatic N) is 1. The van der Waals surface area contributed by atoms with Crippen LogP contribution in [0.25, 0.3) is 27.6 Å². The maximum absolute atomic E-state index is 12.7. The van der Waals surface area contributed by atoms with E-state index in [1.54, 1.807) is 0 Å². The lowest BCUT2D eigenvalue weighted by molar-refractivity contribution is 0.0526. The fraction of sp³-hybridized carbons (Fsp3) is 0.125. The van der Waals surface area contributed by atoms with Gasteiger partial charge in [-0.2, -0.15) is 0 Å². The van der Waals surface area contributed by atoms with Crippen LogP contribution in [-0.4, -0.2) is 17.1 Å². The third kappa shape index (κ3) is 3.13. The quantitative estimate of drug-likeness (QED) is 0.434. The lowest BCUT2D eigenvalue weighted by atomic mass is 9.99. The van der Waals surface area contributed by atoms with E-state index < -0.39 is 0 Å². The predicted molar refractivity (Wildman–Crippen MR) is 109 cm³/mol. The summed E-state index contributed by atoms with van der Waals surface area (Å²) in [6.07, 6.45) is 2.03. The number of carbonyl (C=O) groups excluding carboxylic acids is 1. The maximum atomic E-state index is 12.7. The SMILES string of the molecule is CCOC(=O)c1c(-c2ccc3ccccc3c2)cn(-c2ccccc2)c1C. The molecule has 3 heteroatoms. The summed E-state index contributed by atoms with van der Waals surface area (Å²) in [5.41, 5.74) is 4.42. The van der Waals surface area contributed by atoms with E-state index in [1.165, 1.54) is 5.39 Å². The third-order valence-electron chi connectivity index (χ3n) is 4.83. The average Bonchev–Trinajstić information content (AvgIpc) is 3.06. The van der Waals surface area contributed by atoms with E-state index in [1.807, 2.05) is 62.5 Å². The minimum Gasteiger partial charge on any atom is -0.462 e. The van der Waals surface area contributed by atoms with E-state index in [0.29, 0.717) is 12.2 Å². The Hall–Kier alpha value is -3.33. The minimum atomic E-state index is -0.284. The van der Waals surface area contributed by atoms with Crippen LogP contribution in [-0.2, 0) is 4.74 Å². The van der Waals surface area contributed by atoms with E-state index in [9.17, 15) is 4.79 Å². The highest BCUT2D eigenvalue weighted by molar-refractivity contribution is 6.00. The monoisotopic (exact) mass is 355 g/mol. The summed E-state index contributed by atoms with van der Waals surface area (Å²) in [6, 6.07) is 24.6. The first kappa shape index (κ1) is 17.1. The summed E-state index contributed by atoms with van der Waals surface area (Å²) >= 11 is 0. The Kier molecular flexibility index (Phi) is 4.51. The van der Waals surface area contributed by atoms with Crippen LogP contribution in [0.4, 0.5) is 0 Å². The van der Waals surface area contributed by atoms with Gasteiger partial charge in [0.25, 0.3) is 0 Å². The molecule has 4 rings (SSSR count). The van der Waals surface area contributed by atoms with Crippen LogP contribution in [0.15, 0.2) is 79.0 Å². The molecule has 134 valence electrons. The number of rotatable bonds is 4. The molecule has 0 aliphatic heterocycles. The first-order chi connectivity index (χ1) is 13.2. The van der Waals surface area contributed by atoms with Gasteiger partial charge in [-0.1, -0.05) is 54.6 Å². The molecule has 0 fully saturated rings. The molecule has 0 saturated heterocycles. The van der Waals surface area contributed by atoms with Crippen molar-refractivity contribution < 1.29 is 9.53 Å². The van der Waals surface area contributed by atoms with Gasteiger partial charge in [0.15, 0.2) is 0 Å². The second kappa shape index (κ2) is 7.12. The maximum Gasteiger partial charge on any atom is 0.340 e. The van der Waals surface area contributed by atoms with Crippen molar-refractivity contribution in [3.8, 4) is 16.8 Å². The van der Waals surface area contributed by atoms with Gasteiger partial charge in [0.2, 0.25) is 0 Å². The number of ether oxygens (including phenoxy) is 1. The van der Waals surface area contributed by atoms with Crippen molar-refractivity contribution >= 4 is 16.7 Å². The van der Waals surface area contributed by atoms with Crippen molar-refractivity contribution in [2.75, 3.05) is 6.61 Å². The molecule has 3 nitrogen and oxygen atoms in total. The van der Waals surface area contributed by atoms with Gasteiger partial charge in [0.05, 0.1) is 12.2 Å².